The number of hydrogen-bond donors (Lipinski definition) is 1. The van der Waals surface area contributed by atoms with Crippen LogP contribution in [0.4, 0.5) is 4.39 Å². The average Bonchev–Trinajstić information content (AvgIpc) is 3.37. The van der Waals surface area contributed by atoms with E-state index in [-0.39, 0.29) is 23.1 Å². The second-order valence-corrected chi connectivity index (χ2v) is 10.6. The monoisotopic (exact) mass is 445 g/mol. The van der Waals surface area contributed by atoms with E-state index in [1.807, 2.05) is 5.38 Å². The Morgan fingerprint density at radius 2 is 2.03 bits per heavy atom. The highest BCUT2D eigenvalue weighted by Crippen LogP contribution is 2.33. The predicted molar refractivity (Wildman–Crippen MR) is 114 cm³/mol. The van der Waals surface area contributed by atoms with Gasteiger partial charge in [0.15, 0.2) is 9.84 Å². The van der Waals surface area contributed by atoms with Crippen LogP contribution in [0.2, 0.25) is 0 Å². The Labute approximate surface area is 177 Å². The van der Waals surface area contributed by atoms with Crippen molar-refractivity contribution in [3.8, 4) is 5.75 Å². The maximum absolute atomic E-state index is 14.0. The second kappa shape index (κ2) is 8.16. The molecule has 0 saturated heterocycles. The zero-order valence-corrected chi connectivity index (χ0v) is 18.1. The number of aromatic nitrogens is 3. The van der Waals surface area contributed by atoms with Crippen molar-refractivity contribution >= 4 is 32.1 Å². The van der Waals surface area contributed by atoms with Crippen molar-refractivity contribution < 1.29 is 17.5 Å². The highest BCUT2D eigenvalue weighted by atomic mass is 32.2. The summed E-state index contributed by atoms with van der Waals surface area (Å²) in [6.07, 6.45) is 2.21. The number of hydrogen-bond acceptors (Lipinski definition) is 6. The first-order valence-electron chi connectivity index (χ1n) is 9.35. The van der Waals surface area contributed by atoms with Gasteiger partial charge in [-0.1, -0.05) is 18.2 Å². The van der Waals surface area contributed by atoms with E-state index in [2.05, 4.69) is 15.2 Å². The third-order valence-electron chi connectivity index (χ3n) is 4.78. The Hall–Kier alpha value is -2.78. The largest absolute Gasteiger partial charge is 0.486 e. The van der Waals surface area contributed by atoms with E-state index >= 15 is 0 Å². The van der Waals surface area contributed by atoms with Crippen LogP contribution in [0.15, 0.2) is 52.9 Å². The zero-order valence-electron chi connectivity index (χ0n) is 16.4. The lowest BCUT2D eigenvalue weighted by Crippen LogP contribution is -2.14. The molecule has 4 aromatic rings. The van der Waals surface area contributed by atoms with Crippen LogP contribution < -0.4 is 4.74 Å². The highest BCUT2D eigenvalue weighted by molar-refractivity contribution is 7.92. The summed E-state index contributed by atoms with van der Waals surface area (Å²) in [5.74, 6) is -0.0946. The van der Waals surface area contributed by atoms with Gasteiger partial charge in [0.05, 0.1) is 20.8 Å². The van der Waals surface area contributed by atoms with Gasteiger partial charge in [-0.2, -0.15) is 5.10 Å². The molecule has 0 fully saturated rings. The summed E-state index contributed by atoms with van der Waals surface area (Å²) in [5.41, 5.74) is 1.62. The molecule has 0 amide bonds. The standard InChI is InChI=1S/C21H20FN3O3S2/c1-13(2)30(26,27)15-9-16-18(11-20-23-7-8-29-20)24-25-21(16)19(10-15)28-12-14-5-3-4-6-17(14)22/h3-10,13H,11-12H2,1-2H3,(H,24,25). The molecule has 2 heterocycles. The Morgan fingerprint density at radius 1 is 1.23 bits per heavy atom. The van der Waals surface area contributed by atoms with Crippen LogP contribution in [-0.2, 0) is 22.9 Å². The second-order valence-electron chi connectivity index (χ2n) is 7.10. The SMILES string of the molecule is CC(C)S(=O)(=O)c1cc(OCc2ccccc2F)c2n[nH]c(Cc3nccs3)c2c1. The molecule has 0 spiro atoms. The van der Waals surface area contributed by atoms with E-state index in [9.17, 15) is 12.8 Å². The molecule has 0 radical (unpaired) electrons. The number of fused-ring (bicyclic) bond motifs is 1. The molecular formula is C21H20FN3O3S2. The molecule has 0 aliphatic rings. The maximum Gasteiger partial charge on any atom is 0.180 e. The Morgan fingerprint density at radius 3 is 2.73 bits per heavy atom. The molecule has 0 saturated carbocycles. The van der Waals surface area contributed by atoms with Gasteiger partial charge in [0.2, 0.25) is 0 Å². The van der Waals surface area contributed by atoms with Gasteiger partial charge in [0.1, 0.15) is 23.7 Å². The fraction of sp³-hybridized carbons (Fsp3) is 0.238. The number of benzene rings is 2. The summed E-state index contributed by atoms with van der Waals surface area (Å²) >= 11 is 1.51. The van der Waals surface area contributed by atoms with Gasteiger partial charge in [0, 0.05) is 35.0 Å². The van der Waals surface area contributed by atoms with Gasteiger partial charge in [-0.05, 0) is 26.0 Å². The van der Waals surface area contributed by atoms with Crippen LogP contribution in [0, 0.1) is 5.82 Å². The van der Waals surface area contributed by atoms with Crippen molar-refractivity contribution in [3.05, 3.63) is 70.1 Å². The number of nitrogens with one attached hydrogen (secondary N) is 1. The number of H-pyrrole nitrogens is 1. The molecule has 0 aliphatic carbocycles. The molecule has 4 rings (SSSR count). The van der Waals surface area contributed by atoms with Crippen molar-refractivity contribution in [2.24, 2.45) is 0 Å². The first-order chi connectivity index (χ1) is 14.4. The lowest BCUT2D eigenvalue weighted by molar-refractivity contribution is 0.302. The zero-order chi connectivity index (χ0) is 21.3. The van der Waals surface area contributed by atoms with Crippen LogP contribution in [0.25, 0.3) is 10.9 Å². The van der Waals surface area contributed by atoms with Gasteiger partial charge in [0.25, 0.3) is 0 Å². The van der Waals surface area contributed by atoms with Gasteiger partial charge in [-0.15, -0.1) is 11.3 Å². The summed E-state index contributed by atoms with van der Waals surface area (Å²) in [4.78, 5) is 4.43. The van der Waals surface area contributed by atoms with E-state index in [1.165, 1.54) is 23.5 Å². The molecule has 0 bridgehead atoms. The molecule has 6 nitrogen and oxygen atoms in total. The number of thiazole rings is 1. The van der Waals surface area contributed by atoms with Crippen molar-refractivity contribution in [3.63, 3.8) is 0 Å². The smallest absolute Gasteiger partial charge is 0.180 e. The molecule has 1 N–H and O–H groups in total. The van der Waals surface area contributed by atoms with Crippen LogP contribution >= 0.6 is 11.3 Å². The Balaban J connectivity index is 1.79. The fourth-order valence-electron chi connectivity index (χ4n) is 3.06. The van der Waals surface area contributed by atoms with Gasteiger partial charge in [-0.25, -0.2) is 17.8 Å². The van der Waals surface area contributed by atoms with Crippen LogP contribution in [-0.4, -0.2) is 28.8 Å². The maximum atomic E-state index is 14.0. The van der Waals surface area contributed by atoms with E-state index in [4.69, 9.17) is 4.74 Å². The highest BCUT2D eigenvalue weighted by Gasteiger charge is 2.23. The third kappa shape index (κ3) is 3.95. The summed E-state index contributed by atoms with van der Waals surface area (Å²) in [5, 5.41) is 10.1. The minimum Gasteiger partial charge on any atom is -0.486 e. The molecule has 9 heteroatoms. The van der Waals surface area contributed by atoms with E-state index in [1.54, 1.807) is 44.3 Å². The molecule has 0 unspecified atom stereocenters. The minimum atomic E-state index is -3.55. The number of ether oxygens (including phenoxy) is 1. The van der Waals surface area contributed by atoms with E-state index < -0.39 is 15.1 Å². The summed E-state index contributed by atoms with van der Waals surface area (Å²) in [6.45, 7) is 3.22. The average molecular weight is 446 g/mol. The molecule has 2 aromatic heterocycles. The minimum absolute atomic E-state index is 0.0401. The van der Waals surface area contributed by atoms with Crippen molar-refractivity contribution in [1.82, 2.24) is 15.2 Å². The van der Waals surface area contributed by atoms with Gasteiger partial charge in [-0.3, -0.25) is 5.10 Å². The first kappa shape index (κ1) is 20.5. The number of rotatable bonds is 7. The predicted octanol–water partition coefficient (Wildman–Crippen LogP) is 4.51. The molecular weight excluding hydrogens is 425 g/mol. The van der Waals surface area contributed by atoms with E-state index in [0.29, 0.717) is 22.9 Å². The van der Waals surface area contributed by atoms with Crippen molar-refractivity contribution in [2.45, 2.75) is 37.0 Å². The van der Waals surface area contributed by atoms with Crippen LogP contribution in [0.1, 0.15) is 30.1 Å². The quantitative estimate of drug-likeness (QED) is 0.452. The van der Waals surface area contributed by atoms with Crippen LogP contribution in [0.3, 0.4) is 0 Å². The number of halogens is 1. The fourth-order valence-corrected chi connectivity index (χ4v) is 4.78. The number of nitrogens with zero attached hydrogens (tertiary/aromatic N) is 2. The van der Waals surface area contributed by atoms with Gasteiger partial charge < -0.3 is 4.74 Å². The number of sulfone groups is 1. The Bertz CT molecular complexity index is 1280. The molecule has 0 atom stereocenters. The van der Waals surface area contributed by atoms with Crippen molar-refractivity contribution in [1.29, 1.82) is 0 Å². The lowest BCUT2D eigenvalue weighted by atomic mass is 10.1. The topological polar surface area (TPSA) is 84.9 Å². The normalized spacial score (nSPS) is 12.0. The molecule has 2 aromatic carbocycles. The summed E-state index contributed by atoms with van der Waals surface area (Å²) < 4.78 is 45.5. The van der Waals surface area contributed by atoms with Gasteiger partial charge >= 0.3 is 0 Å². The van der Waals surface area contributed by atoms with Crippen LogP contribution in [0.5, 0.6) is 5.75 Å². The summed E-state index contributed by atoms with van der Waals surface area (Å²) in [7, 11) is -3.55. The first-order valence-corrected chi connectivity index (χ1v) is 11.8. The molecule has 30 heavy (non-hydrogen) atoms. The number of aromatic amines is 1. The van der Waals surface area contributed by atoms with Crippen molar-refractivity contribution in [2.75, 3.05) is 0 Å². The molecule has 0 aliphatic heterocycles. The summed E-state index contributed by atoms with van der Waals surface area (Å²) in [6, 6.07) is 9.39. The third-order valence-corrected chi connectivity index (χ3v) is 7.69. The Kier molecular flexibility index (Phi) is 5.57. The lowest BCUT2D eigenvalue weighted by Gasteiger charge is -2.12. The molecule has 156 valence electrons. The van der Waals surface area contributed by atoms with E-state index in [0.717, 1.165) is 10.7 Å².